The number of allylic oxidation sites excluding steroid dienone is 3. The van der Waals surface area contributed by atoms with Crippen molar-refractivity contribution in [3.05, 3.63) is 232 Å². The Labute approximate surface area is 368 Å². The first-order valence-corrected chi connectivity index (χ1v) is 27.5. The molecule has 0 aliphatic rings. The summed E-state index contributed by atoms with van der Waals surface area (Å²) in [7, 11) is -3.68. The molecule has 0 atom stereocenters. The predicted octanol–water partition coefficient (Wildman–Crippen LogP) is 14.4. The molecule has 6 aromatic rings. The van der Waals surface area contributed by atoms with E-state index in [1.165, 1.54) is 0 Å². The molecule has 0 heterocycles. The second kappa shape index (κ2) is 21.5. The molecule has 0 spiro atoms. The van der Waals surface area contributed by atoms with Crippen molar-refractivity contribution >= 4 is 32.9 Å². The molecule has 0 aromatic heterocycles. The summed E-state index contributed by atoms with van der Waals surface area (Å²) >= 11 is 0. The minimum atomic E-state index is -1.86. The average molecular weight is 819 g/mol. The highest BCUT2D eigenvalue weighted by atomic mass is 28.3. The molecule has 0 aliphatic carbocycles. The summed E-state index contributed by atoms with van der Waals surface area (Å²) in [4.78, 5) is 0. The van der Waals surface area contributed by atoms with Crippen LogP contribution in [0.4, 0.5) is 0 Å². The quantitative estimate of drug-likeness (QED) is 0.101. The lowest BCUT2D eigenvalue weighted by Gasteiger charge is -2.20. The highest BCUT2D eigenvalue weighted by molar-refractivity contribution is 6.87. The molecule has 0 saturated heterocycles. The SMILES string of the molecule is CC[Si](C#CC(C#CC(C#CC(C#C[Si](C)(C)C)=C(c1ccccc1)c1ccccc1)=C(c1ccccc1)c1ccccc1)=C(c1ccccc1)c1ccccc1)(CC)CC. The summed E-state index contributed by atoms with van der Waals surface area (Å²) in [6.07, 6.45) is 0. The molecular weight excluding hydrogens is 765 g/mol. The Hall–Kier alpha value is -6.79. The normalized spacial score (nSPS) is 10.5. The fourth-order valence-corrected chi connectivity index (χ4v) is 10.1. The zero-order valence-electron chi connectivity index (χ0n) is 36.4. The van der Waals surface area contributed by atoms with Crippen molar-refractivity contribution in [3.8, 4) is 46.6 Å². The van der Waals surface area contributed by atoms with Crippen LogP contribution in [0.3, 0.4) is 0 Å². The summed E-state index contributed by atoms with van der Waals surface area (Å²) in [6.45, 7) is 13.7. The van der Waals surface area contributed by atoms with Gasteiger partial charge in [-0.15, -0.1) is 11.1 Å². The Morgan fingerprint density at radius 1 is 0.311 bits per heavy atom. The van der Waals surface area contributed by atoms with Gasteiger partial charge >= 0.3 is 0 Å². The van der Waals surface area contributed by atoms with E-state index in [0.717, 1.165) is 79.4 Å². The van der Waals surface area contributed by atoms with Gasteiger partial charge < -0.3 is 0 Å². The van der Waals surface area contributed by atoms with Crippen molar-refractivity contribution in [3.63, 3.8) is 0 Å². The van der Waals surface area contributed by atoms with E-state index in [0.29, 0.717) is 5.57 Å². The lowest BCUT2D eigenvalue weighted by atomic mass is 9.91. The van der Waals surface area contributed by atoms with Crippen LogP contribution >= 0.6 is 0 Å². The van der Waals surface area contributed by atoms with Crippen LogP contribution in [0.25, 0.3) is 16.7 Å². The summed E-state index contributed by atoms with van der Waals surface area (Å²) < 4.78 is 0. The van der Waals surface area contributed by atoms with Crippen molar-refractivity contribution in [2.75, 3.05) is 0 Å². The zero-order chi connectivity index (χ0) is 42.9. The number of rotatable bonds is 9. The van der Waals surface area contributed by atoms with Gasteiger partial charge in [0.1, 0.15) is 16.1 Å². The van der Waals surface area contributed by atoms with Gasteiger partial charge in [-0.25, -0.2) is 0 Å². The van der Waals surface area contributed by atoms with E-state index in [2.05, 4.69) is 269 Å². The third-order valence-corrected chi connectivity index (χ3v) is 16.4. The molecule has 6 aromatic carbocycles. The monoisotopic (exact) mass is 818 g/mol. The van der Waals surface area contributed by atoms with Gasteiger partial charge in [-0.2, -0.15) is 0 Å². The Morgan fingerprint density at radius 2 is 0.525 bits per heavy atom. The predicted molar refractivity (Wildman–Crippen MR) is 268 cm³/mol. The van der Waals surface area contributed by atoms with Crippen LogP contribution in [0.1, 0.15) is 54.2 Å². The van der Waals surface area contributed by atoms with Crippen LogP contribution in [-0.2, 0) is 0 Å². The Kier molecular flexibility index (Phi) is 15.4. The number of hydrogen-bond acceptors (Lipinski definition) is 0. The average Bonchev–Trinajstić information content (AvgIpc) is 3.31. The Balaban J connectivity index is 1.77. The highest BCUT2D eigenvalue weighted by Crippen LogP contribution is 2.31. The molecule has 0 saturated carbocycles. The first-order chi connectivity index (χ1) is 29.7. The fourth-order valence-electron chi connectivity index (χ4n) is 7.17. The van der Waals surface area contributed by atoms with E-state index < -0.39 is 16.1 Å². The Morgan fingerprint density at radius 3 is 0.738 bits per heavy atom. The van der Waals surface area contributed by atoms with Crippen molar-refractivity contribution in [1.29, 1.82) is 0 Å². The van der Waals surface area contributed by atoms with Crippen LogP contribution in [0.5, 0.6) is 0 Å². The van der Waals surface area contributed by atoms with Gasteiger partial charge in [-0.1, -0.05) is 258 Å². The molecular formula is C59H54Si2. The smallest absolute Gasteiger partial charge is 0.126 e. The molecule has 2 heteroatoms. The minimum absolute atomic E-state index is 0.704. The lowest BCUT2D eigenvalue weighted by molar-refractivity contribution is 1.20. The van der Waals surface area contributed by atoms with Gasteiger partial charge in [0.05, 0.1) is 16.7 Å². The van der Waals surface area contributed by atoms with Gasteiger partial charge in [0, 0.05) is 16.7 Å². The standard InChI is InChI=1S/C59H54Si2/c1-7-61(8-2,9-3)47-45-56(59(52-36-24-14-25-37-52)53-38-26-15-27-39-53)43-41-54(57(48-28-16-10-17-29-48)49-30-18-11-19-31-49)40-42-55(44-46-60(4,5)6)58(50-32-20-12-21-33-50)51-34-22-13-23-35-51/h10-39H,7-9H2,1-6H3. The molecule has 0 fully saturated rings. The number of benzene rings is 6. The molecule has 0 bridgehead atoms. The minimum Gasteiger partial charge on any atom is -0.126 e. The van der Waals surface area contributed by atoms with E-state index in [4.69, 9.17) is 0 Å². The maximum Gasteiger partial charge on any atom is 0.138 e. The van der Waals surface area contributed by atoms with Crippen LogP contribution in [0.2, 0.25) is 37.8 Å². The van der Waals surface area contributed by atoms with E-state index in [1.807, 2.05) is 0 Å². The Bertz CT molecular complexity index is 2610. The second-order valence-corrected chi connectivity index (χ2v) is 25.7. The fraction of sp³-hybridized carbons (Fsp3) is 0.153. The van der Waals surface area contributed by atoms with E-state index in [1.54, 1.807) is 0 Å². The highest BCUT2D eigenvalue weighted by Gasteiger charge is 2.24. The molecule has 0 radical (unpaired) electrons. The van der Waals surface area contributed by atoms with Gasteiger partial charge in [0.2, 0.25) is 0 Å². The van der Waals surface area contributed by atoms with Crippen molar-refractivity contribution in [2.24, 2.45) is 0 Å². The molecule has 6 rings (SSSR count). The summed E-state index contributed by atoms with van der Waals surface area (Å²) in [5.74, 6) is 22.2. The second-order valence-electron chi connectivity index (χ2n) is 16.0. The largest absolute Gasteiger partial charge is 0.138 e. The van der Waals surface area contributed by atoms with Crippen molar-refractivity contribution in [2.45, 2.75) is 58.5 Å². The molecule has 0 amide bonds. The molecule has 0 nitrogen and oxygen atoms in total. The lowest BCUT2D eigenvalue weighted by Crippen LogP contribution is -2.29. The third-order valence-electron chi connectivity index (χ3n) is 10.8. The zero-order valence-corrected chi connectivity index (χ0v) is 38.4. The van der Waals surface area contributed by atoms with E-state index in [-0.39, 0.29) is 0 Å². The van der Waals surface area contributed by atoms with Crippen LogP contribution < -0.4 is 0 Å². The first kappa shape index (κ1) is 43.8. The molecule has 0 N–H and O–H groups in total. The summed E-state index contributed by atoms with van der Waals surface area (Å²) in [5, 5.41) is 0. The van der Waals surface area contributed by atoms with Gasteiger partial charge in [-0.05, 0) is 51.5 Å². The van der Waals surface area contributed by atoms with Crippen molar-refractivity contribution in [1.82, 2.24) is 0 Å². The van der Waals surface area contributed by atoms with Crippen LogP contribution in [0.15, 0.2) is 199 Å². The van der Waals surface area contributed by atoms with E-state index >= 15 is 0 Å². The topological polar surface area (TPSA) is 0 Å². The first-order valence-electron chi connectivity index (χ1n) is 21.4. The van der Waals surface area contributed by atoms with Crippen LogP contribution in [0, 0.1) is 46.6 Å². The molecule has 0 unspecified atom stereocenters. The maximum absolute atomic E-state index is 3.91. The summed E-state index contributed by atoms with van der Waals surface area (Å²) in [5.41, 5.74) is 19.2. The molecule has 61 heavy (non-hydrogen) atoms. The van der Waals surface area contributed by atoms with Crippen molar-refractivity contribution < 1.29 is 0 Å². The van der Waals surface area contributed by atoms with Crippen LogP contribution in [-0.4, -0.2) is 16.1 Å². The third kappa shape index (κ3) is 11.9. The summed E-state index contributed by atoms with van der Waals surface area (Å²) in [6, 6.07) is 66.4. The van der Waals surface area contributed by atoms with E-state index in [9.17, 15) is 0 Å². The van der Waals surface area contributed by atoms with Gasteiger partial charge in [0.25, 0.3) is 0 Å². The number of hydrogen-bond donors (Lipinski definition) is 0. The maximum atomic E-state index is 3.91. The molecule has 0 aliphatic heterocycles. The van der Waals surface area contributed by atoms with Gasteiger partial charge in [-0.3, -0.25) is 0 Å². The molecule has 298 valence electrons. The van der Waals surface area contributed by atoms with Gasteiger partial charge in [0.15, 0.2) is 0 Å².